The van der Waals surface area contributed by atoms with E-state index in [9.17, 15) is 14.4 Å². The number of nitrogens with one attached hydrogen (secondary N) is 2. The number of ether oxygens (including phenoxy) is 1. The summed E-state index contributed by atoms with van der Waals surface area (Å²) in [7, 11) is 3.28. The number of para-hydroxylation sites is 2. The van der Waals surface area contributed by atoms with Crippen LogP contribution in [0, 0.1) is 6.92 Å². The van der Waals surface area contributed by atoms with Crippen molar-refractivity contribution in [2.75, 3.05) is 30.5 Å². The molecule has 0 aliphatic carbocycles. The van der Waals surface area contributed by atoms with Gasteiger partial charge in [0.25, 0.3) is 11.8 Å². The third kappa shape index (κ3) is 6.39. The number of aryl methyl sites for hydroxylation is 1. The molecular formula is C33H34BrClN4O4. The van der Waals surface area contributed by atoms with Gasteiger partial charge in [-0.1, -0.05) is 57.9 Å². The van der Waals surface area contributed by atoms with Crippen LogP contribution >= 0.6 is 28.3 Å². The first-order valence-electron chi connectivity index (χ1n) is 13.7. The molecule has 5 rings (SSSR count). The van der Waals surface area contributed by atoms with Crippen molar-refractivity contribution >= 4 is 68.2 Å². The van der Waals surface area contributed by atoms with Crippen LogP contribution in [0.3, 0.4) is 0 Å². The van der Waals surface area contributed by atoms with Crippen molar-refractivity contribution in [3.05, 3.63) is 100 Å². The summed E-state index contributed by atoms with van der Waals surface area (Å²) in [6, 6.07) is 22.9. The minimum Gasteiger partial charge on any atom is -0.496 e. The Labute approximate surface area is 265 Å². The average molecular weight is 666 g/mol. The van der Waals surface area contributed by atoms with Crippen molar-refractivity contribution in [1.82, 2.24) is 10.6 Å². The molecule has 10 heteroatoms. The Morgan fingerprint density at radius 2 is 1.67 bits per heavy atom. The highest BCUT2D eigenvalue weighted by Crippen LogP contribution is 2.38. The first-order valence-corrected chi connectivity index (χ1v) is 14.5. The fraction of sp³-hybridized carbons (Fsp3) is 0.242. The van der Waals surface area contributed by atoms with Crippen molar-refractivity contribution in [1.29, 1.82) is 0 Å². The topological polar surface area (TPSA) is 91.0 Å². The Morgan fingerprint density at radius 3 is 2.35 bits per heavy atom. The average Bonchev–Trinajstić information content (AvgIpc) is 3.11. The molecule has 8 nitrogen and oxygen atoms in total. The summed E-state index contributed by atoms with van der Waals surface area (Å²) in [6.07, 6.45) is 0. The van der Waals surface area contributed by atoms with E-state index in [4.69, 9.17) is 4.74 Å². The number of anilines is 2. The van der Waals surface area contributed by atoms with Crippen molar-refractivity contribution in [2.45, 2.75) is 32.5 Å². The van der Waals surface area contributed by atoms with Crippen molar-refractivity contribution < 1.29 is 19.1 Å². The van der Waals surface area contributed by atoms with Crippen LogP contribution in [0.1, 0.15) is 28.4 Å². The number of benzene rings is 4. The SMILES string of the molecule is CN[C@@H](C)C(=O)N[C@H]1CN(C(=O)c2ccc(C)cc2)c2ccccc2N(Cc2c(OC)ccc3c(Br)cccc23)C1=O.Cl. The molecule has 1 aliphatic rings. The monoisotopic (exact) mass is 664 g/mol. The molecule has 43 heavy (non-hydrogen) atoms. The van der Waals surface area contributed by atoms with E-state index >= 15 is 0 Å². The maximum absolute atomic E-state index is 14.4. The Balaban J connectivity index is 0.00000423. The zero-order valence-electron chi connectivity index (χ0n) is 24.4. The van der Waals surface area contributed by atoms with Gasteiger partial charge in [0.05, 0.1) is 37.6 Å². The van der Waals surface area contributed by atoms with Crippen LogP contribution in [0.2, 0.25) is 0 Å². The van der Waals surface area contributed by atoms with Gasteiger partial charge >= 0.3 is 0 Å². The minimum atomic E-state index is -0.997. The van der Waals surface area contributed by atoms with Crippen LogP contribution in [0.4, 0.5) is 11.4 Å². The summed E-state index contributed by atoms with van der Waals surface area (Å²) >= 11 is 3.64. The van der Waals surface area contributed by atoms with Gasteiger partial charge in [-0.25, -0.2) is 0 Å². The van der Waals surface area contributed by atoms with E-state index in [1.54, 1.807) is 43.0 Å². The standard InChI is InChI=1S/C33H33BrN4O4.ClH/c1-20-12-14-22(15-13-20)32(40)38-19-27(36-31(39)21(2)35-3)33(41)37(28-10-5-6-11-29(28)38)18-25-23-8-7-9-26(34)24(23)16-17-30(25)42-4;/h5-17,21,27,35H,18-19H2,1-4H3,(H,36,39);1H/t21-,27-;/m0./s1. The third-order valence-electron chi connectivity index (χ3n) is 7.69. The zero-order chi connectivity index (χ0) is 30.0. The molecule has 224 valence electrons. The molecule has 0 saturated carbocycles. The molecule has 0 unspecified atom stereocenters. The molecule has 1 heterocycles. The molecule has 3 amide bonds. The fourth-order valence-electron chi connectivity index (χ4n) is 5.20. The van der Waals surface area contributed by atoms with Crippen LogP contribution in [0.15, 0.2) is 83.3 Å². The lowest BCUT2D eigenvalue weighted by atomic mass is 10.0. The second-order valence-electron chi connectivity index (χ2n) is 10.3. The van der Waals surface area contributed by atoms with Crippen LogP contribution < -0.4 is 25.2 Å². The molecule has 0 radical (unpaired) electrons. The Kier molecular flexibility index (Phi) is 10.1. The normalized spacial score (nSPS) is 15.3. The number of amides is 3. The second kappa shape index (κ2) is 13.6. The summed E-state index contributed by atoms with van der Waals surface area (Å²) in [5.41, 5.74) is 3.48. The molecule has 4 aromatic carbocycles. The lowest BCUT2D eigenvalue weighted by Crippen LogP contribution is -2.55. The number of halogens is 2. The highest BCUT2D eigenvalue weighted by Gasteiger charge is 2.38. The van der Waals surface area contributed by atoms with Gasteiger partial charge in [0.2, 0.25) is 5.91 Å². The second-order valence-corrected chi connectivity index (χ2v) is 11.2. The Hall–Kier alpha value is -3.92. The molecule has 1 aliphatic heterocycles. The summed E-state index contributed by atoms with van der Waals surface area (Å²) < 4.78 is 6.68. The quantitative estimate of drug-likeness (QED) is 0.267. The lowest BCUT2D eigenvalue weighted by molar-refractivity contribution is -0.128. The Bertz CT molecular complexity index is 1660. The number of likely N-dealkylation sites (N-methyl/N-ethyl adjacent to an activating group) is 1. The first-order chi connectivity index (χ1) is 20.2. The molecule has 2 N–H and O–H groups in total. The third-order valence-corrected chi connectivity index (χ3v) is 8.38. The van der Waals surface area contributed by atoms with E-state index in [1.807, 2.05) is 73.7 Å². The number of fused-ring (bicyclic) bond motifs is 2. The number of carbonyl (C=O) groups excluding carboxylic acids is 3. The summed E-state index contributed by atoms with van der Waals surface area (Å²) in [5, 5.41) is 7.73. The van der Waals surface area contributed by atoms with Gasteiger partial charge < -0.3 is 25.2 Å². The largest absolute Gasteiger partial charge is 0.496 e. The number of carbonyl (C=O) groups is 3. The van der Waals surface area contributed by atoms with Crippen LogP contribution in [0.25, 0.3) is 10.8 Å². The Morgan fingerprint density at radius 1 is 0.977 bits per heavy atom. The van der Waals surface area contributed by atoms with E-state index in [0.717, 1.165) is 26.4 Å². The van der Waals surface area contributed by atoms with E-state index < -0.39 is 12.1 Å². The van der Waals surface area contributed by atoms with Crippen LogP contribution in [-0.4, -0.2) is 50.5 Å². The van der Waals surface area contributed by atoms with Crippen molar-refractivity contribution in [2.24, 2.45) is 0 Å². The highest BCUT2D eigenvalue weighted by molar-refractivity contribution is 9.10. The molecule has 4 aromatic rings. The van der Waals surface area contributed by atoms with Gasteiger partial charge in [-0.05, 0) is 74.1 Å². The summed E-state index contributed by atoms with van der Waals surface area (Å²) in [6.45, 7) is 3.81. The van der Waals surface area contributed by atoms with Crippen LogP contribution in [-0.2, 0) is 16.1 Å². The maximum Gasteiger partial charge on any atom is 0.258 e. The first kappa shape index (κ1) is 32.0. The smallest absolute Gasteiger partial charge is 0.258 e. The number of rotatable bonds is 7. The van der Waals surface area contributed by atoms with E-state index in [0.29, 0.717) is 22.7 Å². The molecule has 2 atom stereocenters. The van der Waals surface area contributed by atoms with Gasteiger partial charge in [0.15, 0.2) is 0 Å². The van der Waals surface area contributed by atoms with Crippen LogP contribution in [0.5, 0.6) is 5.75 Å². The summed E-state index contributed by atoms with van der Waals surface area (Å²) in [4.78, 5) is 44.7. The molecule has 0 bridgehead atoms. The van der Waals surface area contributed by atoms with E-state index in [1.165, 1.54) is 0 Å². The molecule has 0 spiro atoms. The number of hydrogen-bond donors (Lipinski definition) is 2. The number of hydrogen-bond acceptors (Lipinski definition) is 5. The highest BCUT2D eigenvalue weighted by atomic mass is 79.9. The van der Waals surface area contributed by atoms with Crippen molar-refractivity contribution in [3.63, 3.8) is 0 Å². The van der Waals surface area contributed by atoms with Gasteiger partial charge in [0, 0.05) is 15.6 Å². The van der Waals surface area contributed by atoms with E-state index in [-0.39, 0.29) is 43.2 Å². The fourth-order valence-corrected chi connectivity index (χ4v) is 5.70. The van der Waals surface area contributed by atoms with Gasteiger partial charge in [-0.2, -0.15) is 0 Å². The maximum atomic E-state index is 14.4. The zero-order valence-corrected chi connectivity index (χ0v) is 26.8. The minimum absolute atomic E-state index is 0. The predicted molar refractivity (Wildman–Crippen MR) is 176 cm³/mol. The molecule has 0 aromatic heterocycles. The van der Waals surface area contributed by atoms with Gasteiger partial charge in [0.1, 0.15) is 11.8 Å². The van der Waals surface area contributed by atoms with E-state index in [2.05, 4.69) is 26.6 Å². The predicted octanol–water partition coefficient (Wildman–Crippen LogP) is 5.63. The van der Waals surface area contributed by atoms with Gasteiger partial charge in [-0.15, -0.1) is 12.4 Å². The lowest BCUT2D eigenvalue weighted by Gasteiger charge is -2.27. The number of nitrogens with zero attached hydrogens (tertiary/aromatic N) is 2. The molecule has 0 saturated heterocycles. The number of methoxy groups -OCH3 is 1. The molecular weight excluding hydrogens is 632 g/mol. The van der Waals surface area contributed by atoms with Crippen molar-refractivity contribution in [3.8, 4) is 5.75 Å². The molecule has 0 fully saturated rings. The summed E-state index contributed by atoms with van der Waals surface area (Å²) in [5.74, 6) is -0.291. The van der Waals surface area contributed by atoms with Gasteiger partial charge in [-0.3, -0.25) is 14.4 Å².